The molecular weight excluding hydrogens is 569 g/mol. The van der Waals surface area contributed by atoms with Crippen molar-refractivity contribution in [1.82, 2.24) is 10.2 Å². The Kier molecular flexibility index (Phi) is 10.6. The molecule has 3 rings (SSSR count). The molecule has 7 nitrogen and oxygen atoms in total. The Morgan fingerprint density at radius 2 is 1.45 bits per heavy atom. The van der Waals surface area contributed by atoms with Crippen molar-refractivity contribution in [3.05, 3.63) is 93.5 Å². The van der Waals surface area contributed by atoms with Crippen LogP contribution < -0.4 is 9.62 Å². The molecule has 40 heavy (non-hydrogen) atoms. The van der Waals surface area contributed by atoms with Gasteiger partial charge in [-0.15, -0.1) is 0 Å². The van der Waals surface area contributed by atoms with Crippen LogP contribution in [0.1, 0.15) is 43.9 Å². The first-order chi connectivity index (χ1) is 18.8. The molecule has 0 aliphatic heterocycles. The van der Waals surface area contributed by atoms with Gasteiger partial charge in [-0.05, 0) is 76.1 Å². The fourth-order valence-electron chi connectivity index (χ4n) is 3.96. The minimum absolute atomic E-state index is 0.0249. The summed E-state index contributed by atoms with van der Waals surface area (Å²) in [5.74, 6) is -0.889. The quantitative estimate of drug-likeness (QED) is 0.285. The lowest BCUT2D eigenvalue weighted by atomic mass is 10.1. The normalized spacial score (nSPS) is 12.9. The Balaban J connectivity index is 2.03. The van der Waals surface area contributed by atoms with Gasteiger partial charge in [-0.2, -0.15) is 0 Å². The number of amides is 2. The van der Waals surface area contributed by atoms with E-state index in [9.17, 15) is 18.0 Å². The van der Waals surface area contributed by atoms with E-state index in [2.05, 4.69) is 5.32 Å². The van der Waals surface area contributed by atoms with Crippen LogP contribution in [0.4, 0.5) is 5.69 Å². The van der Waals surface area contributed by atoms with Gasteiger partial charge in [0.05, 0.1) is 20.6 Å². The van der Waals surface area contributed by atoms with Gasteiger partial charge in [-0.3, -0.25) is 13.9 Å². The summed E-state index contributed by atoms with van der Waals surface area (Å²) >= 11 is 12.3. The number of rotatable bonds is 11. The van der Waals surface area contributed by atoms with Gasteiger partial charge in [0.2, 0.25) is 11.8 Å². The molecule has 0 aliphatic carbocycles. The van der Waals surface area contributed by atoms with Crippen LogP contribution in [0, 0.1) is 13.8 Å². The molecule has 2 atom stereocenters. The highest BCUT2D eigenvalue weighted by atomic mass is 35.5. The predicted molar refractivity (Wildman–Crippen MR) is 161 cm³/mol. The predicted octanol–water partition coefficient (Wildman–Crippen LogP) is 6.14. The number of nitrogens with one attached hydrogen (secondary N) is 1. The summed E-state index contributed by atoms with van der Waals surface area (Å²) in [6, 6.07) is 17.3. The zero-order valence-electron chi connectivity index (χ0n) is 23.3. The van der Waals surface area contributed by atoms with Crippen LogP contribution >= 0.6 is 23.2 Å². The Morgan fingerprint density at radius 1 is 0.875 bits per heavy atom. The van der Waals surface area contributed by atoms with E-state index < -0.39 is 28.5 Å². The molecule has 0 fully saturated rings. The lowest BCUT2D eigenvalue weighted by Crippen LogP contribution is -2.52. The average molecular weight is 605 g/mol. The number of hydrogen-bond acceptors (Lipinski definition) is 4. The van der Waals surface area contributed by atoms with E-state index in [-0.39, 0.29) is 23.4 Å². The van der Waals surface area contributed by atoms with Crippen molar-refractivity contribution >= 4 is 50.7 Å². The SMILES string of the molecule is CC[C@@H](C)NC(=O)[C@H](C)N(Cc1ccc(Cl)c(Cl)c1)C(=O)CN(c1ccc(C)cc1)S(=O)(=O)c1ccc(C)cc1. The topological polar surface area (TPSA) is 86.8 Å². The Labute approximate surface area is 247 Å². The van der Waals surface area contributed by atoms with E-state index in [1.54, 1.807) is 61.5 Å². The van der Waals surface area contributed by atoms with Crippen molar-refractivity contribution in [2.24, 2.45) is 0 Å². The van der Waals surface area contributed by atoms with E-state index in [4.69, 9.17) is 23.2 Å². The Bertz CT molecular complexity index is 1440. The maximum atomic E-state index is 14.0. The van der Waals surface area contributed by atoms with Gasteiger partial charge >= 0.3 is 0 Å². The fraction of sp³-hybridized carbons (Fsp3) is 0.333. The highest BCUT2D eigenvalue weighted by molar-refractivity contribution is 7.92. The zero-order chi connectivity index (χ0) is 29.6. The third-order valence-corrected chi connectivity index (χ3v) is 9.24. The lowest BCUT2D eigenvalue weighted by Gasteiger charge is -2.32. The number of aryl methyl sites for hydroxylation is 2. The lowest BCUT2D eigenvalue weighted by molar-refractivity contribution is -0.139. The highest BCUT2D eigenvalue weighted by Gasteiger charge is 2.32. The molecule has 0 aromatic heterocycles. The first-order valence-corrected chi connectivity index (χ1v) is 15.2. The largest absolute Gasteiger partial charge is 0.352 e. The van der Waals surface area contributed by atoms with E-state index in [0.29, 0.717) is 21.3 Å². The molecule has 0 unspecified atom stereocenters. The van der Waals surface area contributed by atoms with E-state index >= 15 is 0 Å². The number of carbonyl (C=O) groups excluding carboxylic acids is 2. The van der Waals surface area contributed by atoms with E-state index in [0.717, 1.165) is 21.9 Å². The molecule has 0 spiro atoms. The smallest absolute Gasteiger partial charge is 0.264 e. The summed E-state index contributed by atoms with van der Waals surface area (Å²) in [7, 11) is -4.12. The molecule has 1 N–H and O–H groups in total. The minimum atomic E-state index is -4.12. The first kappa shape index (κ1) is 31.5. The molecule has 0 aliphatic rings. The molecule has 10 heteroatoms. The summed E-state index contributed by atoms with van der Waals surface area (Å²) in [6.45, 7) is 8.72. The summed E-state index contributed by atoms with van der Waals surface area (Å²) in [5.41, 5.74) is 2.84. The van der Waals surface area contributed by atoms with Gasteiger partial charge in [0.1, 0.15) is 12.6 Å². The number of hydrogen-bond donors (Lipinski definition) is 1. The van der Waals surface area contributed by atoms with Gasteiger partial charge in [0.25, 0.3) is 10.0 Å². The molecule has 214 valence electrons. The number of halogens is 2. The van der Waals surface area contributed by atoms with Gasteiger partial charge in [0.15, 0.2) is 0 Å². The van der Waals surface area contributed by atoms with Crippen LogP contribution in [0.25, 0.3) is 0 Å². The number of carbonyl (C=O) groups is 2. The fourth-order valence-corrected chi connectivity index (χ4v) is 5.69. The van der Waals surface area contributed by atoms with E-state index in [1.165, 1.54) is 17.0 Å². The standard InChI is InChI=1S/C30H35Cl2N3O4S/c1-6-22(4)33-30(37)23(5)34(18-24-11-16-27(31)28(32)17-24)29(36)19-35(25-12-7-20(2)8-13-25)40(38,39)26-14-9-21(3)10-15-26/h7-17,22-23H,6,18-19H2,1-5H3,(H,33,37)/t22-,23+/m1/s1. The molecule has 0 radical (unpaired) electrons. The molecule has 0 heterocycles. The number of nitrogens with zero attached hydrogens (tertiary/aromatic N) is 2. The zero-order valence-corrected chi connectivity index (χ0v) is 25.6. The number of sulfonamides is 1. The van der Waals surface area contributed by atoms with Crippen LogP contribution in [0.15, 0.2) is 71.6 Å². The third kappa shape index (κ3) is 7.77. The van der Waals surface area contributed by atoms with Crippen LogP contribution in [-0.4, -0.2) is 43.8 Å². The van der Waals surface area contributed by atoms with Gasteiger partial charge in [-0.1, -0.05) is 71.6 Å². The second kappa shape index (κ2) is 13.5. The molecule has 0 saturated carbocycles. The molecule has 0 saturated heterocycles. The Hall–Kier alpha value is -3.07. The highest BCUT2D eigenvalue weighted by Crippen LogP contribution is 2.27. The van der Waals surface area contributed by atoms with Crippen LogP contribution in [-0.2, 0) is 26.2 Å². The number of anilines is 1. The van der Waals surface area contributed by atoms with Gasteiger partial charge in [0, 0.05) is 12.6 Å². The van der Waals surface area contributed by atoms with Crippen molar-refractivity contribution in [2.45, 2.75) is 64.6 Å². The molecule has 3 aromatic rings. The van der Waals surface area contributed by atoms with Crippen molar-refractivity contribution < 1.29 is 18.0 Å². The van der Waals surface area contributed by atoms with Crippen molar-refractivity contribution in [1.29, 1.82) is 0 Å². The second-order valence-electron chi connectivity index (χ2n) is 9.92. The second-order valence-corrected chi connectivity index (χ2v) is 12.6. The van der Waals surface area contributed by atoms with Crippen LogP contribution in [0.5, 0.6) is 0 Å². The number of benzene rings is 3. The Morgan fingerprint density at radius 3 is 2.00 bits per heavy atom. The van der Waals surface area contributed by atoms with Crippen molar-refractivity contribution in [3.63, 3.8) is 0 Å². The average Bonchev–Trinajstić information content (AvgIpc) is 2.92. The summed E-state index contributed by atoms with van der Waals surface area (Å²) < 4.78 is 28.8. The van der Waals surface area contributed by atoms with Gasteiger partial charge < -0.3 is 10.2 Å². The molecule has 0 bridgehead atoms. The van der Waals surface area contributed by atoms with Crippen molar-refractivity contribution in [3.8, 4) is 0 Å². The van der Waals surface area contributed by atoms with E-state index in [1.807, 2.05) is 27.7 Å². The monoisotopic (exact) mass is 603 g/mol. The summed E-state index contributed by atoms with van der Waals surface area (Å²) in [5, 5.41) is 3.58. The maximum Gasteiger partial charge on any atom is 0.264 e. The summed E-state index contributed by atoms with van der Waals surface area (Å²) in [6.07, 6.45) is 0.717. The first-order valence-electron chi connectivity index (χ1n) is 13.0. The minimum Gasteiger partial charge on any atom is -0.352 e. The van der Waals surface area contributed by atoms with Crippen LogP contribution in [0.3, 0.4) is 0 Å². The summed E-state index contributed by atoms with van der Waals surface area (Å²) in [4.78, 5) is 28.5. The van der Waals surface area contributed by atoms with Crippen LogP contribution in [0.2, 0.25) is 10.0 Å². The molecule has 2 amide bonds. The maximum absolute atomic E-state index is 14.0. The van der Waals surface area contributed by atoms with Gasteiger partial charge in [-0.25, -0.2) is 8.42 Å². The van der Waals surface area contributed by atoms with Crippen molar-refractivity contribution in [2.75, 3.05) is 10.8 Å². The third-order valence-electron chi connectivity index (χ3n) is 6.72. The molecular formula is C30H35Cl2N3O4S. The molecule has 3 aromatic carbocycles.